The molecule has 18 heavy (non-hydrogen) atoms. The summed E-state index contributed by atoms with van der Waals surface area (Å²) < 4.78 is 0. The number of nitrogens with one attached hydrogen (secondary N) is 1. The van der Waals surface area contributed by atoms with Gasteiger partial charge in [0, 0.05) is 32.1 Å². The summed E-state index contributed by atoms with van der Waals surface area (Å²) in [6.07, 6.45) is 1.83. The molecule has 0 radical (unpaired) electrons. The molecule has 1 unspecified atom stereocenters. The second-order valence-electron chi connectivity index (χ2n) is 4.29. The summed E-state index contributed by atoms with van der Waals surface area (Å²) in [5.41, 5.74) is 3.92. The van der Waals surface area contributed by atoms with Gasteiger partial charge in [0.05, 0.1) is 5.69 Å². The molecular weight excluding hydrogens is 226 g/mol. The Kier molecular flexibility index (Phi) is 5.91. The number of anilines is 1. The zero-order valence-corrected chi connectivity index (χ0v) is 11.3. The van der Waals surface area contributed by atoms with Gasteiger partial charge in [-0.2, -0.15) is 5.10 Å². The molecule has 0 fully saturated rings. The molecule has 1 amide bonds. The number of benzene rings is 1. The van der Waals surface area contributed by atoms with Crippen LogP contribution in [-0.4, -0.2) is 30.1 Å². The smallest absolute Gasteiger partial charge is 0.219 e. The van der Waals surface area contributed by atoms with E-state index in [1.165, 1.54) is 0 Å². The molecule has 0 aliphatic heterocycles. The van der Waals surface area contributed by atoms with Gasteiger partial charge in [-0.15, -0.1) is 0 Å². The zero-order chi connectivity index (χ0) is 13.4. The van der Waals surface area contributed by atoms with Gasteiger partial charge in [-0.05, 0) is 19.1 Å². The lowest BCUT2D eigenvalue weighted by atomic mass is 10.2. The average molecular weight is 247 g/mol. The van der Waals surface area contributed by atoms with Crippen LogP contribution in [-0.2, 0) is 4.79 Å². The van der Waals surface area contributed by atoms with E-state index in [1.807, 2.05) is 50.4 Å². The zero-order valence-electron chi connectivity index (χ0n) is 11.3. The number of nitrogens with zero attached hydrogens (tertiary/aromatic N) is 2. The molecule has 98 valence electrons. The molecule has 0 spiro atoms. The third-order valence-corrected chi connectivity index (χ3v) is 2.63. The van der Waals surface area contributed by atoms with Crippen molar-refractivity contribution < 1.29 is 4.79 Å². The first-order valence-corrected chi connectivity index (χ1v) is 6.23. The first kappa shape index (κ1) is 14.2. The van der Waals surface area contributed by atoms with Gasteiger partial charge in [-0.1, -0.05) is 25.1 Å². The Morgan fingerprint density at radius 2 is 2.11 bits per heavy atom. The molecule has 1 atom stereocenters. The topological polar surface area (TPSA) is 44.7 Å². The van der Waals surface area contributed by atoms with E-state index in [2.05, 4.69) is 10.5 Å². The monoisotopic (exact) mass is 247 g/mol. The van der Waals surface area contributed by atoms with Crippen LogP contribution in [0, 0.1) is 5.92 Å². The van der Waals surface area contributed by atoms with Crippen LogP contribution in [0.3, 0.4) is 0 Å². The standard InChI is InChI=1S/C14H21N3O/c1-4-17(13(3)18)11-12(2)10-15-16-14-8-6-5-7-9-14/h5-10,12,16H,4,11H2,1-3H3/b15-10+. The highest BCUT2D eigenvalue weighted by atomic mass is 16.2. The molecule has 0 aromatic heterocycles. The summed E-state index contributed by atoms with van der Waals surface area (Å²) in [4.78, 5) is 13.1. The van der Waals surface area contributed by atoms with Crippen molar-refractivity contribution >= 4 is 17.8 Å². The summed E-state index contributed by atoms with van der Waals surface area (Å²) in [7, 11) is 0. The van der Waals surface area contributed by atoms with E-state index in [4.69, 9.17) is 0 Å². The summed E-state index contributed by atoms with van der Waals surface area (Å²) in [6.45, 7) is 7.05. The van der Waals surface area contributed by atoms with Gasteiger partial charge < -0.3 is 4.90 Å². The second-order valence-corrected chi connectivity index (χ2v) is 4.29. The lowest BCUT2D eigenvalue weighted by molar-refractivity contribution is -0.128. The van der Waals surface area contributed by atoms with Gasteiger partial charge in [-0.25, -0.2) is 0 Å². The highest BCUT2D eigenvalue weighted by Crippen LogP contribution is 2.04. The summed E-state index contributed by atoms with van der Waals surface area (Å²) in [6, 6.07) is 9.78. The molecule has 0 saturated heterocycles. The fourth-order valence-corrected chi connectivity index (χ4v) is 1.63. The number of carbonyl (C=O) groups excluding carboxylic acids is 1. The van der Waals surface area contributed by atoms with Gasteiger partial charge in [0.2, 0.25) is 5.91 Å². The van der Waals surface area contributed by atoms with Gasteiger partial charge in [0.25, 0.3) is 0 Å². The van der Waals surface area contributed by atoms with Crippen molar-refractivity contribution in [2.75, 3.05) is 18.5 Å². The Bertz CT molecular complexity index is 389. The molecule has 1 rings (SSSR count). The maximum Gasteiger partial charge on any atom is 0.219 e. The number of hydrazone groups is 1. The van der Waals surface area contributed by atoms with E-state index in [1.54, 1.807) is 11.8 Å². The van der Waals surface area contributed by atoms with Gasteiger partial charge >= 0.3 is 0 Å². The van der Waals surface area contributed by atoms with E-state index < -0.39 is 0 Å². The number of hydrogen-bond acceptors (Lipinski definition) is 3. The van der Waals surface area contributed by atoms with Crippen LogP contribution in [0.4, 0.5) is 5.69 Å². The van der Waals surface area contributed by atoms with Crippen molar-refractivity contribution in [2.24, 2.45) is 11.0 Å². The molecule has 0 aliphatic rings. The summed E-state index contributed by atoms with van der Waals surface area (Å²) in [5.74, 6) is 0.332. The number of amides is 1. The van der Waals surface area contributed by atoms with Crippen molar-refractivity contribution in [3.63, 3.8) is 0 Å². The number of rotatable bonds is 6. The SMILES string of the molecule is CCN(CC(C)/C=N/Nc1ccccc1)C(C)=O. The Balaban J connectivity index is 2.40. The fraction of sp³-hybridized carbons (Fsp3) is 0.429. The van der Waals surface area contributed by atoms with Crippen LogP contribution in [0.1, 0.15) is 20.8 Å². The van der Waals surface area contributed by atoms with Crippen LogP contribution in [0.5, 0.6) is 0 Å². The fourth-order valence-electron chi connectivity index (χ4n) is 1.63. The largest absolute Gasteiger partial charge is 0.343 e. The average Bonchev–Trinajstić information content (AvgIpc) is 2.37. The van der Waals surface area contributed by atoms with E-state index in [0.29, 0.717) is 6.54 Å². The number of para-hydroxylation sites is 1. The molecule has 0 aliphatic carbocycles. The van der Waals surface area contributed by atoms with Crippen LogP contribution < -0.4 is 5.43 Å². The van der Waals surface area contributed by atoms with Crippen molar-refractivity contribution in [2.45, 2.75) is 20.8 Å². The molecule has 1 aromatic carbocycles. The minimum Gasteiger partial charge on any atom is -0.343 e. The molecular formula is C14H21N3O. The maximum atomic E-state index is 11.3. The van der Waals surface area contributed by atoms with Crippen molar-refractivity contribution in [3.05, 3.63) is 30.3 Å². The van der Waals surface area contributed by atoms with Gasteiger partial charge in [0.1, 0.15) is 0 Å². The third kappa shape index (κ3) is 4.99. The van der Waals surface area contributed by atoms with Crippen molar-refractivity contribution in [3.8, 4) is 0 Å². The molecule has 0 heterocycles. The molecule has 1 aromatic rings. The first-order chi connectivity index (χ1) is 8.63. The summed E-state index contributed by atoms with van der Waals surface area (Å²) >= 11 is 0. The molecule has 0 bridgehead atoms. The Hall–Kier alpha value is -1.84. The van der Waals surface area contributed by atoms with E-state index in [0.717, 1.165) is 12.2 Å². The minimum atomic E-state index is 0.105. The highest BCUT2D eigenvalue weighted by Gasteiger charge is 2.09. The summed E-state index contributed by atoms with van der Waals surface area (Å²) in [5, 5.41) is 4.18. The maximum absolute atomic E-state index is 11.3. The normalized spacial score (nSPS) is 12.4. The number of hydrogen-bond donors (Lipinski definition) is 1. The lowest BCUT2D eigenvalue weighted by Crippen LogP contribution is -2.33. The van der Waals surface area contributed by atoms with E-state index in [9.17, 15) is 4.79 Å². The molecule has 4 nitrogen and oxygen atoms in total. The lowest BCUT2D eigenvalue weighted by Gasteiger charge is -2.20. The van der Waals surface area contributed by atoms with Gasteiger partial charge in [0.15, 0.2) is 0 Å². The van der Waals surface area contributed by atoms with Gasteiger partial charge in [-0.3, -0.25) is 10.2 Å². The van der Waals surface area contributed by atoms with Crippen LogP contribution in [0.15, 0.2) is 35.4 Å². The predicted molar refractivity (Wildman–Crippen MR) is 75.6 cm³/mol. The second kappa shape index (κ2) is 7.48. The Labute approximate surface area is 109 Å². The number of carbonyl (C=O) groups is 1. The highest BCUT2D eigenvalue weighted by molar-refractivity contribution is 5.74. The quantitative estimate of drug-likeness (QED) is 0.620. The van der Waals surface area contributed by atoms with Crippen molar-refractivity contribution in [1.29, 1.82) is 0 Å². The first-order valence-electron chi connectivity index (χ1n) is 6.23. The molecule has 1 N–H and O–H groups in total. The van der Waals surface area contributed by atoms with Crippen LogP contribution >= 0.6 is 0 Å². The van der Waals surface area contributed by atoms with Crippen molar-refractivity contribution in [1.82, 2.24) is 4.90 Å². The predicted octanol–water partition coefficient (Wildman–Crippen LogP) is 2.59. The minimum absolute atomic E-state index is 0.105. The molecule has 0 saturated carbocycles. The Morgan fingerprint density at radius 3 is 2.67 bits per heavy atom. The third-order valence-electron chi connectivity index (χ3n) is 2.63. The van der Waals surface area contributed by atoms with E-state index in [-0.39, 0.29) is 11.8 Å². The molecule has 4 heteroatoms. The van der Waals surface area contributed by atoms with Crippen LogP contribution in [0.2, 0.25) is 0 Å². The van der Waals surface area contributed by atoms with Crippen LogP contribution in [0.25, 0.3) is 0 Å². The van der Waals surface area contributed by atoms with E-state index >= 15 is 0 Å². The Morgan fingerprint density at radius 1 is 1.44 bits per heavy atom.